The minimum atomic E-state index is -4.61. The van der Waals surface area contributed by atoms with Crippen molar-refractivity contribution in [2.24, 2.45) is 0 Å². The van der Waals surface area contributed by atoms with E-state index < -0.39 is 41.5 Å². The van der Waals surface area contributed by atoms with Crippen molar-refractivity contribution in [3.63, 3.8) is 0 Å². The normalized spacial score (nSPS) is 16.5. The number of alkyl halides is 3. The van der Waals surface area contributed by atoms with Gasteiger partial charge in [-0.25, -0.2) is 9.59 Å². The molecule has 2 heterocycles. The third-order valence-corrected chi connectivity index (χ3v) is 5.77. The van der Waals surface area contributed by atoms with Crippen molar-refractivity contribution in [1.29, 1.82) is 0 Å². The van der Waals surface area contributed by atoms with Crippen LogP contribution in [0, 0.1) is 0 Å². The molecule has 1 aromatic heterocycles. The molecule has 1 aromatic carbocycles. The average Bonchev–Trinajstić information content (AvgIpc) is 2.84. The Bertz CT molecular complexity index is 1100. The number of carboxylic acid groups (broad SMARTS) is 1. The van der Waals surface area contributed by atoms with Gasteiger partial charge < -0.3 is 20.1 Å². The molecule has 3 rings (SSSR count). The van der Waals surface area contributed by atoms with Gasteiger partial charge in [-0.2, -0.15) is 13.2 Å². The van der Waals surface area contributed by atoms with Gasteiger partial charge in [-0.1, -0.05) is 6.07 Å². The van der Waals surface area contributed by atoms with Crippen LogP contribution in [0.15, 0.2) is 41.4 Å². The number of nitrogens with zero attached hydrogens (tertiary/aromatic N) is 2. The van der Waals surface area contributed by atoms with Crippen LogP contribution in [-0.4, -0.2) is 45.5 Å². The molecule has 0 unspecified atom stereocenters. The van der Waals surface area contributed by atoms with E-state index in [4.69, 9.17) is 4.74 Å². The Morgan fingerprint density at radius 2 is 1.94 bits per heavy atom. The van der Waals surface area contributed by atoms with Crippen LogP contribution in [0.5, 0.6) is 0 Å². The van der Waals surface area contributed by atoms with Crippen molar-refractivity contribution in [3.8, 4) is 0 Å². The van der Waals surface area contributed by atoms with E-state index in [0.29, 0.717) is 4.90 Å². The Labute approximate surface area is 197 Å². The molecule has 12 heteroatoms. The lowest BCUT2D eigenvalue weighted by Gasteiger charge is -2.27. The number of fused-ring (bicyclic) bond motifs is 1. The van der Waals surface area contributed by atoms with E-state index in [9.17, 15) is 32.7 Å². The first-order valence-corrected chi connectivity index (χ1v) is 11.1. The molecule has 34 heavy (non-hydrogen) atoms. The summed E-state index contributed by atoms with van der Waals surface area (Å²) in [6.45, 7) is 4.82. The number of carboxylic acids is 1. The average molecular weight is 497 g/mol. The third-order valence-electron chi connectivity index (χ3n) is 4.61. The number of halogens is 3. The van der Waals surface area contributed by atoms with Gasteiger partial charge in [0.15, 0.2) is 0 Å². The van der Waals surface area contributed by atoms with E-state index in [1.54, 1.807) is 26.8 Å². The summed E-state index contributed by atoms with van der Waals surface area (Å²) in [5.74, 6) is -1.64. The van der Waals surface area contributed by atoms with Crippen molar-refractivity contribution >= 4 is 35.4 Å². The third kappa shape index (κ3) is 6.19. The smallest absolute Gasteiger partial charge is 0.433 e. The summed E-state index contributed by atoms with van der Waals surface area (Å²) >= 11 is 1.23. The Hall–Kier alpha value is -3.28. The zero-order chi connectivity index (χ0) is 25.3. The molecule has 0 bridgehead atoms. The van der Waals surface area contributed by atoms with E-state index in [1.807, 2.05) is 0 Å². The van der Waals surface area contributed by atoms with Crippen molar-refractivity contribution in [2.45, 2.75) is 50.0 Å². The first-order chi connectivity index (χ1) is 15.7. The van der Waals surface area contributed by atoms with Crippen LogP contribution in [-0.2, 0) is 22.3 Å². The van der Waals surface area contributed by atoms with E-state index in [2.05, 4.69) is 10.3 Å². The van der Waals surface area contributed by atoms with E-state index in [1.165, 1.54) is 34.9 Å². The summed E-state index contributed by atoms with van der Waals surface area (Å²) in [6.07, 6.45) is -4.41. The molecule has 0 radical (unpaired) electrons. The maximum atomic E-state index is 13.4. The van der Waals surface area contributed by atoms with Crippen LogP contribution in [0.3, 0.4) is 0 Å². The van der Waals surface area contributed by atoms with Crippen LogP contribution < -0.4 is 10.2 Å². The highest BCUT2D eigenvalue weighted by atomic mass is 32.2. The zero-order valence-corrected chi connectivity index (χ0v) is 19.3. The Balaban J connectivity index is 1.96. The number of hydrogen-bond donors (Lipinski definition) is 2. The molecule has 8 nitrogen and oxygen atoms in total. The highest BCUT2D eigenvalue weighted by molar-refractivity contribution is 7.99. The SMILES string of the molecule is CC(C)(C)OC(=O)N[C@H]1CSc2ccc(C(=O)O)cc2N(Cc2ccc(C(F)(F)F)nc2)C1=O. The number of anilines is 1. The molecular formula is C22H22F3N3O5S. The number of nitrogens with one attached hydrogen (secondary N) is 1. The maximum Gasteiger partial charge on any atom is 0.433 e. The number of ether oxygens (including phenoxy) is 1. The summed E-state index contributed by atoms with van der Waals surface area (Å²) in [4.78, 5) is 42.4. The number of pyridine rings is 1. The van der Waals surface area contributed by atoms with E-state index >= 15 is 0 Å². The number of aromatic carboxylic acids is 1. The molecule has 0 spiro atoms. The number of carbonyl (C=O) groups is 3. The van der Waals surface area contributed by atoms with Crippen LogP contribution in [0.4, 0.5) is 23.7 Å². The standard InChI is InChI=1S/C22H22F3N3O5S/c1-21(2,3)33-20(32)27-14-11-34-16-6-5-13(19(30)31)8-15(16)28(18(14)29)10-12-4-7-17(26-9-12)22(23,24)25/h4-9,14H,10-11H2,1-3H3,(H,27,32)(H,30,31)/t14-/m0/s1. The molecular weight excluding hydrogens is 475 g/mol. The highest BCUT2D eigenvalue weighted by Crippen LogP contribution is 2.36. The fourth-order valence-electron chi connectivity index (χ4n) is 3.12. The number of hydrogen-bond acceptors (Lipinski definition) is 6. The van der Waals surface area contributed by atoms with Crippen molar-refractivity contribution in [1.82, 2.24) is 10.3 Å². The summed E-state index contributed by atoms with van der Waals surface area (Å²) in [7, 11) is 0. The second-order valence-corrected chi connectivity index (χ2v) is 9.53. The van der Waals surface area contributed by atoms with Crippen LogP contribution >= 0.6 is 11.8 Å². The Morgan fingerprint density at radius 3 is 2.50 bits per heavy atom. The lowest BCUT2D eigenvalue weighted by atomic mass is 10.1. The molecule has 2 amide bonds. The number of carbonyl (C=O) groups excluding carboxylic acids is 2. The second-order valence-electron chi connectivity index (χ2n) is 8.47. The monoisotopic (exact) mass is 497 g/mol. The summed E-state index contributed by atoms with van der Waals surface area (Å²) in [5.41, 5.74) is -1.39. The summed E-state index contributed by atoms with van der Waals surface area (Å²) in [5, 5.41) is 11.9. The fraction of sp³-hybridized carbons (Fsp3) is 0.364. The minimum Gasteiger partial charge on any atom is -0.478 e. The van der Waals surface area contributed by atoms with Crippen molar-refractivity contribution < 1.29 is 37.4 Å². The van der Waals surface area contributed by atoms with Crippen LogP contribution in [0.1, 0.15) is 42.4 Å². The second kappa shape index (κ2) is 9.53. The number of thioether (sulfide) groups is 1. The minimum absolute atomic E-state index is 0.0683. The molecule has 0 fully saturated rings. The number of benzene rings is 1. The topological polar surface area (TPSA) is 109 Å². The molecule has 1 aliphatic heterocycles. The Kier molecular flexibility index (Phi) is 7.10. The largest absolute Gasteiger partial charge is 0.478 e. The van der Waals surface area contributed by atoms with Crippen molar-refractivity contribution in [3.05, 3.63) is 53.3 Å². The molecule has 1 atom stereocenters. The van der Waals surface area contributed by atoms with E-state index in [-0.39, 0.29) is 29.1 Å². The number of rotatable bonds is 4. The molecule has 0 saturated heterocycles. The predicted molar refractivity (Wildman–Crippen MR) is 118 cm³/mol. The number of alkyl carbamates (subject to hydrolysis) is 1. The van der Waals surface area contributed by atoms with Gasteiger partial charge >= 0.3 is 18.2 Å². The van der Waals surface area contributed by atoms with Gasteiger partial charge in [0.2, 0.25) is 0 Å². The van der Waals surface area contributed by atoms with Gasteiger partial charge in [-0.3, -0.25) is 9.78 Å². The molecule has 0 aliphatic carbocycles. The highest BCUT2D eigenvalue weighted by Gasteiger charge is 2.35. The van der Waals surface area contributed by atoms with Crippen molar-refractivity contribution in [2.75, 3.05) is 10.7 Å². The number of amides is 2. The Morgan fingerprint density at radius 1 is 1.24 bits per heavy atom. The van der Waals surface area contributed by atoms with Gasteiger partial charge in [0, 0.05) is 16.8 Å². The molecule has 1 aliphatic rings. The first-order valence-electron chi connectivity index (χ1n) is 10.1. The molecule has 2 aromatic rings. The first kappa shape index (κ1) is 25.3. The zero-order valence-electron chi connectivity index (χ0n) is 18.5. The maximum absolute atomic E-state index is 13.4. The van der Waals surface area contributed by atoms with Crippen LogP contribution in [0.2, 0.25) is 0 Å². The van der Waals surface area contributed by atoms with Gasteiger partial charge in [0.25, 0.3) is 5.91 Å². The molecule has 0 saturated carbocycles. The van der Waals surface area contributed by atoms with Gasteiger partial charge in [0.1, 0.15) is 17.3 Å². The number of aromatic nitrogens is 1. The lowest BCUT2D eigenvalue weighted by Crippen LogP contribution is -2.50. The molecule has 2 N–H and O–H groups in total. The quantitative estimate of drug-likeness (QED) is 0.647. The molecule has 182 valence electrons. The van der Waals surface area contributed by atoms with Gasteiger partial charge in [-0.15, -0.1) is 11.8 Å². The summed E-state index contributed by atoms with van der Waals surface area (Å²) in [6, 6.07) is 5.22. The fourth-order valence-corrected chi connectivity index (χ4v) is 4.17. The van der Waals surface area contributed by atoms with Gasteiger partial charge in [0.05, 0.1) is 17.8 Å². The summed E-state index contributed by atoms with van der Waals surface area (Å²) < 4.78 is 43.8. The van der Waals surface area contributed by atoms with Crippen LogP contribution in [0.25, 0.3) is 0 Å². The lowest BCUT2D eigenvalue weighted by molar-refractivity contribution is -0.141. The predicted octanol–water partition coefficient (Wildman–Crippen LogP) is 4.33. The van der Waals surface area contributed by atoms with E-state index in [0.717, 1.165) is 12.3 Å². The van der Waals surface area contributed by atoms with Gasteiger partial charge in [-0.05, 0) is 50.6 Å².